The summed E-state index contributed by atoms with van der Waals surface area (Å²) in [6, 6.07) is 4.13. The quantitative estimate of drug-likeness (QED) is 0.717. The van der Waals surface area contributed by atoms with Gasteiger partial charge in [-0.05, 0) is 25.1 Å². The molecule has 1 aliphatic heterocycles. The smallest absolute Gasteiger partial charge is 0.409 e. The summed E-state index contributed by atoms with van der Waals surface area (Å²) in [5.74, 6) is 0.486. The lowest BCUT2D eigenvalue weighted by Crippen LogP contribution is -2.49. The standard InChI is InChI=1S/C18H22ClN5O5S/c1-3-29-18(25)24-8-6-23(7-9-24)17-21-11-15(16(20)22-17)30(26,27)12-4-5-14(28-2)13(19)10-12/h4-5,10-11H,3,6-9H2,1-2H3,(H2,20,21,22). The number of benzene rings is 1. The Morgan fingerprint density at radius 3 is 2.53 bits per heavy atom. The Bertz CT molecular complexity index is 1040. The van der Waals surface area contributed by atoms with E-state index < -0.39 is 9.84 Å². The second-order valence-corrected chi connectivity index (χ2v) is 8.72. The van der Waals surface area contributed by atoms with Gasteiger partial charge in [0.2, 0.25) is 15.8 Å². The molecular weight excluding hydrogens is 434 g/mol. The zero-order valence-electron chi connectivity index (χ0n) is 16.5. The number of nitrogens with zero attached hydrogens (tertiary/aromatic N) is 4. The molecule has 1 fully saturated rings. The second kappa shape index (κ2) is 8.92. The maximum Gasteiger partial charge on any atom is 0.409 e. The molecule has 0 radical (unpaired) electrons. The third-order valence-corrected chi connectivity index (χ3v) is 6.65. The SMILES string of the molecule is CCOC(=O)N1CCN(c2ncc(S(=O)(=O)c3ccc(OC)c(Cl)c3)c(N)n2)CC1. The van der Waals surface area contributed by atoms with Crippen LogP contribution in [-0.2, 0) is 14.6 Å². The summed E-state index contributed by atoms with van der Waals surface area (Å²) in [7, 11) is -2.53. The van der Waals surface area contributed by atoms with Gasteiger partial charge in [-0.3, -0.25) is 0 Å². The first kappa shape index (κ1) is 21.9. The van der Waals surface area contributed by atoms with E-state index in [4.69, 9.17) is 26.8 Å². The van der Waals surface area contributed by atoms with Crippen molar-refractivity contribution in [1.82, 2.24) is 14.9 Å². The Hall–Kier alpha value is -2.79. The molecule has 3 rings (SSSR count). The van der Waals surface area contributed by atoms with Crippen molar-refractivity contribution in [2.24, 2.45) is 0 Å². The summed E-state index contributed by atoms with van der Waals surface area (Å²) in [6.07, 6.45) is 0.820. The number of nitrogen functional groups attached to an aromatic ring is 1. The van der Waals surface area contributed by atoms with Gasteiger partial charge in [0, 0.05) is 26.2 Å². The molecule has 30 heavy (non-hydrogen) atoms. The fraction of sp³-hybridized carbons (Fsp3) is 0.389. The minimum absolute atomic E-state index is 0.0422. The van der Waals surface area contributed by atoms with Crippen molar-refractivity contribution >= 4 is 39.3 Å². The van der Waals surface area contributed by atoms with Crippen LogP contribution in [0.5, 0.6) is 5.75 Å². The van der Waals surface area contributed by atoms with Crippen molar-refractivity contribution in [1.29, 1.82) is 0 Å². The fourth-order valence-corrected chi connectivity index (χ4v) is 4.59. The number of hydrogen-bond donors (Lipinski definition) is 1. The van der Waals surface area contributed by atoms with Crippen molar-refractivity contribution in [2.45, 2.75) is 16.7 Å². The number of carbonyl (C=O) groups is 1. The number of anilines is 2. The number of sulfone groups is 1. The van der Waals surface area contributed by atoms with Gasteiger partial charge in [-0.25, -0.2) is 18.2 Å². The van der Waals surface area contributed by atoms with Crippen LogP contribution in [0, 0.1) is 0 Å². The topological polar surface area (TPSA) is 128 Å². The normalized spacial score (nSPS) is 14.5. The maximum absolute atomic E-state index is 12.9. The molecule has 12 heteroatoms. The molecule has 162 valence electrons. The minimum atomic E-state index is -3.97. The summed E-state index contributed by atoms with van der Waals surface area (Å²) in [4.78, 5) is 23.3. The highest BCUT2D eigenvalue weighted by Gasteiger charge is 2.27. The monoisotopic (exact) mass is 455 g/mol. The average molecular weight is 456 g/mol. The van der Waals surface area contributed by atoms with E-state index >= 15 is 0 Å². The average Bonchev–Trinajstić information content (AvgIpc) is 2.73. The van der Waals surface area contributed by atoms with Crippen molar-refractivity contribution in [3.63, 3.8) is 0 Å². The predicted octanol–water partition coefficient (Wildman–Crippen LogP) is 1.83. The molecule has 0 spiro atoms. The summed E-state index contributed by atoms with van der Waals surface area (Å²) >= 11 is 6.05. The first-order valence-electron chi connectivity index (χ1n) is 9.15. The number of hydrogen-bond acceptors (Lipinski definition) is 9. The predicted molar refractivity (Wildman–Crippen MR) is 111 cm³/mol. The lowest BCUT2D eigenvalue weighted by Gasteiger charge is -2.34. The third kappa shape index (κ3) is 4.36. The lowest BCUT2D eigenvalue weighted by atomic mass is 10.3. The minimum Gasteiger partial charge on any atom is -0.495 e. The largest absolute Gasteiger partial charge is 0.495 e. The highest BCUT2D eigenvalue weighted by Crippen LogP contribution is 2.31. The van der Waals surface area contributed by atoms with E-state index in [2.05, 4.69) is 9.97 Å². The molecule has 1 aromatic carbocycles. The molecule has 0 unspecified atom stereocenters. The molecule has 0 bridgehead atoms. The third-order valence-electron chi connectivity index (χ3n) is 4.58. The van der Waals surface area contributed by atoms with Gasteiger partial charge in [-0.2, -0.15) is 4.98 Å². The van der Waals surface area contributed by atoms with Crippen LogP contribution in [0.25, 0.3) is 0 Å². The molecular formula is C18H22ClN5O5S. The molecule has 2 aromatic rings. The van der Waals surface area contributed by atoms with Crippen molar-refractivity contribution in [2.75, 3.05) is 50.5 Å². The van der Waals surface area contributed by atoms with Gasteiger partial charge in [-0.1, -0.05) is 11.6 Å². The fourth-order valence-electron chi connectivity index (χ4n) is 2.98. The Morgan fingerprint density at radius 2 is 1.97 bits per heavy atom. The van der Waals surface area contributed by atoms with Crippen LogP contribution in [0.3, 0.4) is 0 Å². The Kier molecular flexibility index (Phi) is 6.52. The van der Waals surface area contributed by atoms with Gasteiger partial charge in [-0.15, -0.1) is 0 Å². The van der Waals surface area contributed by atoms with Gasteiger partial charge in [0.05, 0.1) is 29.8 Å². The summed E-state index contributed by atoms with van der Waals surface area (Å²) < 4.78 is 35.9. The summed E-state index contributed by atoms with van der Waals surface area (Å²) in [5.41, 5.74) is 5.96. The van der Waals surface area contributed by atoms with Crippen LogP contribution in [0.2, 0.25) is 5.02 Å². The molecule has 1 aromatic heterocycles. The van der Waals surface area contributed by atoms with Gasteiger partial charge in [0.15, 0.2) is 0 Å². The van der Waals surface area contributed by atoms with Crippen LogP contribution >= 0.6 is 11.6 Å². The van der Waals surface area contributed by atoms with Gasteiger partial charge >= 0.3 is 6.09 Å². The van der Waals surface area contributed by atoms with E-state index in [1.807, 2.05) is 4.90 Å². The lowest BCUT2D eigenvalue weighted by molar-refractivity contribution is 0.105. The zero-order chi connectivity index (χ0) is 21.9. The molecule has 0 aliphatic carbocycles. The number of aromatic nitrogens is 2. The highest BCUT2D eigenvalue weighted by atomic mass is 35.5. The number of carbonyl (C=O) groups excluding carboxylic acids is 1. The van der Waals surface area contributed by atoms with E-state index in [1.54, 1.807) is 11.8 Å². The van der Waals surface area contributed by atoms with Gasteiger partial charge in [0.25, 0.3) is 0 Å². The van der Waals surface area contributed by atoms with E-state index in [-0.39, 0.29) is 26.7 Å². The number of halogens is 1. The van der Waals surface area contributed by atoms with E-state index in [0.717, 1.165) is 0 Å². The van der Waals surface area contributed by atoms with E-state index in [9.17, 15) is 13.2 Å². The molecule has 1 amide bonds. The molecule has 1 saturated heterocycles. The first-order valence-corrected chi connectivity index (χ1v) is 11.0. The van der Waals surface area contributed by atoms with E-state index in [0.29, 0.717) is 44.5 Å². The molecule has 2 N–H and O–H groups in total. The second-order valence-electron chi connectivity index (χ2n) is 6.39. The maximum atomic E-state index is 12.9. The molecule has 10 nitrogen and oxygen atoms in total. The van der Waals surface area contributed by atoms with Gasteiger partial charge in [0.1, 0.15) is 16.5 Å². The van der Waals surface area contributed by atoms with E-state index in [1.165, 1.54) is 31.5 Å². The number of piperazine rings is 1. The number of nitrogens with two attached hydrogens (primary N) is 1. The zero-order valence-corrected chi connectivity index (χ0v) is 18.1. The highest BCUT2D eigenvalue weighted by molar-refractivity contribution is 7.91. The molecule has 1 aliphatic rings. The summed E-state index contributed by atoms with van der Waals surface area (Å²) in [5, 5.41) is 0.161. The molecule has 0 saturated carbocycles. The first-order chi connectivity index (χ1) is 14.3. The number of methoxy groups -OCH3 is 1. The van der Waals surface area contributed by atoms with Crippen molar-refractivity contribution < 1.29 is 22.7 Å². The van der Waals surface area contributed by atoms with Gasteiger partial charge < -0.3 is 25.0 Å². The summed E-state index contributed by atoms with van der Waals surface area (Å²) in [6.45, 7) is 3.88. The van der Waals surface area contributed by atoms with Crippen LogP contribution in [0.15, 0.2) is 34.2 Å². The van der Waals surface area contributed by atoms with Crippen LogP contribution in [0.1, 0.15) is 6.92 Å². The Balaban J connectivity index is 1.79. The van der Waals surface area contributed by atoms with Crippen molar-refractivity contribution in [3.05, 3.63) is 29.4 Å². The van der Waals surface area contributed by atoms with Crippen LogP contribution < -0.4 is 15.4 Å². The van der Waals surface area contributed by atoms with Crippen LogP contribution in [-0.4, -0.2) is 69.3 Å². The number of ether oxygens (including phenoxy) is 2. The molecule has 0 atom stereocenters. The van der Waals surface area contributed by atoms with Crippen LogP contribution in [0.4, 0.5) is 16.6 Å². The van der Waals surface area contributed by atoms with Crippen molar-refractivity contribution in [3.8, 4) is 5.75 Å². The Labute approximate surface area is 179 Å². The number of rotatable bonds is 5. The Morgan fingerprint density at radius 1 is 1.27 bits per heavy atom. The molecule has 2 heterocycles. The number of amides is 1.